The molecule has 0 aromatic heterocycles. The van der Waals surface area contributed by atoms with Gasteiger partial charge in [-0.2, -0.15) is 8.42 Å². The van der Waals surface area contributed by atoms with Gasteiger partial charge in [0.05, 0.1) is 17.3 Å². The van der Waals surface area contributed by atoms with Crippen molar-refractivity contribution in [1.82, 2.24) is 0 Å². The lowest BCUT2D eigenvalue weighted by molar-refractivity contribution is 0.327. The maximum absolute atomic E-state index is 12.6. The van der Waals surface area contributed by atoms with Gasteiger partial charge in [0, 0.05) is 11.2 Å². The summed E-state index contributed by atoms with van der Waals surface area (Å²) in [5.74, 6) is 0.118. The van der Waals surface area contributed by atoms with Crippen molar-refractivity contribution in [3.05, 3.63) is 82.3 Å². The molecule has 0 unspecified atom stereocenters. The van der Waals surface area contributed by atoms with Gasteiger partial charge in [-0.25, -0.2) is 0 Å². The van der Waals surface area contributed by atoms with Crippen molar-refractivity contribution in [1.29, 1.82) is 0 Å². The van der Waals surface area contributed by atoms with E-state index in [4.69, 9.17) is 32.1 Å². The molecule has 0 atom stereocenters. The molecule has 150 valence electrons. The molecule has 0 fully saturated rings. The van der Waals surface area contributed by atoms with E-state index >= 15 is 0 Å². The van der Waals surface area contributed by atoms with Gasteiger partial charge in [-0.15, -0.1) is 0 Å². The van der Waals surface area contributed by atoms with Gasteiger partial charge in [0.1, 0.15) is 4.90 Å². The van der Waals surface area contributed by atoms with E-state index in [1.807, 2.05) is 30.3 Å². The van der Waals surface area contributed by atoms with E-state index in [2.05, 4.69) is 4.99 Å². The number of hydrogen-bond donors (Lipinski definition) is 0. The predicted octanol–water partition coefficient (Wildman–Crippen LogP) is 5.91. The lowest BCUT2D eigenvalue weighted by atomic mass is 10.2. The first-order valence-electron chi connectivity index (χ1n) is 8.64. The van der Waals surface area contributed by atoms with E-state index in [9.17, 15) is 8.42 Å². The SMILES string of the molecule is CCOc1cc(C=Nc2ccccc2)cc(Cl)c1OS(=O)(=O)c1ccc(Cl)cc1. The van der Waals surface area contributed by atoms with Crippen molar-refractivity contribution in [3.63, 3.8) is 0 Å². The Morgan fingerprint density at radius 3 is 2.34 bits per heavy atom. The first-order chi connectivity index (χ1) is 13.9. The van der Waals surface area contributed by atoms with E-state index in [0.717, 1.165) is 5.69 Å². The Bertz CT molecular complexity index is 1120. The molecule has 0 heterocycles. The van der Waals surface area contributed by atoms with E-state index in [1.165, 1.54) is 24.3 Å². The summed E-state index contributed by atoms with van der Waals surface area (Å²) in [6.45, 7) is 2.07. The number of rotatable bonds is 7. The van der Waals surface area contributed by atoms with Crippen LogP contribution in [0.15, 0.2) is 76.6 Å². The molecule has 0 aliphatic heterocycles. The summed E-state index contributed by atoms with van der Waals surface area (Å²) in [5, 5.41) is 0.502. The molecule has 0 saturated heterocycles. The van der Waals surface area contributed by atoms with Crippen molar-refractivity contribution in [2.45, 2.75) is 11.8 Å². The Hall–Kier alpha value is -2.54. The monoisotopic (exact) mass is 449 g/mol. The number of benzene rings is 3. The Balaban J connectivity index is 1.94. The van der Waals surface area contributed by atoms with Crippen LogP contribution < -0.4 is 8.92 Å². The summed E-state index contributed by atoms with van der Waals surface area (Å²) in [7, 11) is -4.12. The van der Waals surface area contributed by atoms with Gasteiger partial charge >= 0.3 is 10.1 Å². The zero-order chi connectivity index (χ0) is 20.9. The summed E-state index contributed by atoms with van der Waals surface area (Å²) in [6.07, 6.45) is 1.61. The molecule has 3 rings (SSSR count). The smallest absolute Gasteiger partial charge is 0.339 e. The normalized spacial score (nSPS) is 11.6. The summed E-state index contributed by atoms with van der Waals surface area (Å²) in [5.41, 5.74) is 1.41. The molecule has 0 N–H and O–H groups in total. The third-order valence-electron chi connectivity index (χ3n) is 3.75. The second-order valence-electron chi connectivity index (χ2n) is 5.85. The van der Waals surface area contributed by atoms with Crippen molar-refractivity contribution >= 4 is 45.2 Å². The van der Waals surface area contributed by atoms with Gasteiger partial charge in [0.2, 0.25) is 5.75 Å². The Morgan fingerprint density at radius 1 is 1.00 bits per heavy atom. The fourth-order valence-corrected chi connectivity index (χ4v) is 3.81. The van der Waals surface area contributed by atoms with Crippen molar-refractivity contribution in [2.75, 3.05) is 6.61 Å². The van der Waals surface area contributed by atoms with Crippen LogP contribution in [0.4, 0.5) is 5.69 Å². The molecule has 8 heteroatoms. The molecule has 0 spiro atoms. The van der Waals surface area contributed by atoms with Crippen LogP contribution in [0.5, 0.6) is 11.5 Å². The third kappa shape index (κ3) is 5.50. The van der Waals surface area contributed by atoms with Gasteiger partial charge in [-0.1, -0.05) is 41.4 Å². The summed E-state index contributed by atoms with van der Waals surface area (Å²) in [6, 6.07) is 18.2. The average Bonchev–Trinajstić information content (AvgIpc) is 2.70. The van der Waals surface area contributed by atoms with Crippen LogP contribution in [-0.4, -0.2) is 21.2 Å². The fourth-order valence-electron chi connectivity index (χ4n) is 2.43. The minimum atomic E-state index is -4.12. The fraction of sp³-hybridized carbons (Fsp3) is 0.0952. The summed E-state index contributed by atoms with van der Waals surface area (Å²) < 4.78 is 36.1. The molecule has 3 aromatic rings. The van der Waals surface area contributed by atoms with E-state index < -0.39 is 10.1 Å². The minimum absolute atomic E-state index is 0.0462. The Morgan fingerprint density at radius 2 is 1.69 bits per heavy atom. The molecule has 0 bridgehead atoms. The largest absolute Gasteiger partial charge is 0.490 e. The lowest BCUT2D eigenvalue weighted by Crippen LogP contribution is -2.11. The number of aliphatic imine (C=N–C) groups is 1. The Kier molecular flexibility index (Phi) is 6.79. The molecule has 0 amide bonds. The quantitative estimate of drug-likeness (QED) is 0.332. The maximum Gasteiger partial charge on any atom is 0.339 e. The Labute approximate surface area is 179 Å². The van der Waals surface area contributed by atoms with Crippen LogP contribution in [0, 0.1) is 0 Å². The highest BCUT2D eigenvalue weighted by molar-refractivity contribution is 7.87. The number of nitrogens with zero attached hydrogens (tertiary/aromatic N) is 1. The maximum atomic E-state index is 12.6. The predicted molar refractivity (Wildman–Crippen MR) is 116 cm³/mol. The van der Waals surface area contributed by atoms with Gasteiger partial charge in [-0.05, 0) is 61.0 Å². The van der Waals surface area contributed by atoms with Crippen molar-refractivity contribution in [3.8, 4) is 11.5 Å². The van der Waals surface area contributed by atoms with E-state index in [-0.39, 0.29) is 21.4 Å². The van der Waals surface area contributed by atoms with Crippen LogP contribution >= 0.6 is 23.2 Å². The lowest BCUT2D eigenvalue weighted by Gasteiger charge is -2.14. The topological polar surface area (TPSA) is 65.0 Å². The van der Waals surface area contributed by atoms with Crippen LogP contribution in [0.25, 0.3) is 0 Å². The zero-order valence-corrected chi connectivity index (χ0v) is 17.7. The average molecular weight is 450 g/mol. The van der Waals surface area contributed by atoms with Crippen molar-refractivity contribution < 1.29 is 17.3 Å². The molecule has 0 aliphatic rings. The zero-order valence-electron chi connectivity index (χ0n) is 15.4. The molecule has 5 nitrogen and oxygen atoms in total. The third-order valence-corrected chi connectivity index (χ3v) is 5.51. The van der Waals surface area contributed by atoms with Gasteiger partial charge < -0.3 is 8.92 Å². The van der Waals surface area contributed by atoms with Gasteiger partial charge in [0.25, 0.3) is 0 Å². The second-order valence-corrected chi connectivity index (χ2v) is 8.24. The number of para-hydroxylation sites is 1. The van der Waals surface area contributed by atoms with Gasteiger partial charge in [-0.3, -0.25) is 4.99 Å². The molecular weight excluding hydrogens is 433 g/mol. The van der Waals surface area contributed by atoms with Crippen LogP contribution in [0.1, 0.15) is 12.5 Å². The van der Waals surface area contributed by atoms with Crippen LogP contribution in [0.3, 0.4) is 0 Å². The highest BCUT2D eigenvalue weighted by atomic mass is 35.5. The summed E-state index contributed by atoms with van der Waals surface area (Å²) in [4.78, 5) is 4.32. The second kappa shape index (κ2) is 9.31. The van der Waals surface area contributed by atoms with E-state index in [1.54, 1.807) is 25.3 Å². The molecule has 3 aromatic carbocycles. The first kappa shape index (κ1) is 21.2. The van der Waals surface area contributed by atoms with E-state index in [0.29, 0.717) is 17.2 Å². The molecule has 0 radical (unpaired) electrons. The molecule has 0 saturated carbocycles. The first-order valence-corrected chi connectivity index (χ1v) is 10.8. The minimum Gasteiger partial charge on any atom is -0.490 e. The summed E-state index contributed by atoms with van der Waals surface area (Å²) >= 11 is 12.1. The van der Waals surface area contributed by atoms with Gasteiger partial charge in [0.15, 0.2) is 5.75 Å². The van der Waals surface area contributed by atoms with Crippen molar-refractivity contribution in [2.24, 2.45) is 4.99 Å². The highest BCUT2D eigenvalue weighted by Gasteiger charge is 2.22. The highest BCUT2D eigenvalue weighted by Crippen LogP contribution is 2.38. The number of ether oxygens (including phenoxy) is 1. The van der Waals surface area contributed by atoms with Crippen LogP contribution in [0.2, 0.25) is 10.0 Å². The number of hydrogen-bond acceptors (Lipinski definition) is 5. The molecule has 29 heavy (non-hydrogen) atoms. The van der Waals surface area contributed by atoms with Crippen LogP contribution in [-0.2, 0) is 10.1 Å². The standard InChI is InChI=1S/C21H17Cl2NO4S/c1-2-27-20-13-15(14-24-17-6-4-3-5-7-17)12-19(23)21(20)28-29(25,26)18-10-8-16(22)9-11-18/h3-14H,2H2,1H3. The molecular formula is C21H17Cl2NO4S. The number of halogens is 2. The molecule has 0 aliphatic carbocycles.